The van der Waals surface area contributed by atoms with E-state index in [2.05, 4.69) is 25.0 Å². The van der Waals surface area contributed by atoms with E-state index in [1.165, 1.54) is 25.7 Å². The van der Waals surface area contributed by atoms with Gasteiger partial charge >= 0.3 is 7.59 Å². The summed E-state index contributed by atoms with van der Waals surface area (Å²) in [6, 6.07) is 0. The van der Waals surface area contributed by atoms with Crippen LogP contribution in [0.5, 0.6) is 0 Å². The van der Waals surface area contributed by atoms with E-state index in [4.69, 9.17) is 0 Å². The van der Waals surface area contributed by atoms with Crippen molar-refractivity contribution in [1.29, 1.82) is 0 Å². The first-order chi connectivity index (χ1) is 9.38. The van der Waals surface area contributed by atoms with Crippen LogP contribution in [0.25, 0.3) is 0 Å². The fourth-order valence-corrected chi connectivity index (χ4v) is 3.76. The van der Waals surface area contributed by atoms with Gasteiger partial charge in [0.2, 0.25) is 0 Å². The average Bonchev–Trinajstić information content (AvgIpc) is 2.38. The van der Waals surface area contributed by atoms with Crippen LogP contribution in [0.2, 0.25) is 0 Å². The monoisotopic (exact) mass is 303 g/mol. The second-order valence-corrected chi connectivity index (χ2v) is 8.59. The van der Waals surface area contributed by atoms with Crippen molar-refractivity contribution in [3.8, 4) is 0 Å². The molecule has 0 radical (unpaired) electrons. The van der Waals surface area contributed by atoms with Gasteiger partial charge in [0, 0.05) is 5.70 Å². The number of allylic oxidation sites excluding steroid dienone is 2. The Balaban J connectivity index is 4.66. The molecule has 5 heteroatoms. The minimum atomic E-state index is -2.66. The lowest BCUT2D eigenvalue weighted by atomic mass is 10.1. The van der Waals surface area contributed by atoms with Gasteiger partial charge < -0.3 is 5.09 Å². The molecule has 0 aromatic rings. The molecule has 0 amide bonds. The van der Waals surface area contributed by atoms with Crippen molar-refractivity contribution in [2.75, 3.05) is 28.2 Å². The maximum Gasteiger partial charge on any atom is 0.307 e. The third-order valence-electron chi connectivity index (χ3n) is 3.34. The summed E-state index contributed by atoms with van der Waals surface area (Å²) in [4.78, 5) is 0. The van der Waals surface area contributed by atoms with Gasteiger partial charge in [0.1, 0.15) is 0 Å². The molecule has 0 saturated heterocycles. The Morgan fingerprint density at radius 2 is 1.60 bits per heavy atom. The van der Waals surface area contributed by atoms with Gasteiger partial charge in [-0.15, -0.1) is 0 Å². The zero-order valence-electron chi connectivity index (χ0n) is 14.3. The van der Waals surface area contributed by atoms with E-state index < -0.39 is 7.59 Å². The third-order valence-corrected chi connectivity index (χ3v) is 6.09. The number of nitrogens with one attached hydrogen (secondary N) is 1. The molecular formula is C15H34N3OP. The van der Waals surface area contributed by atoms with Crippen LogP contribution in [0.3, 0.4) is 0 Å². The first-order valence-electron chi connectivity index (χ1n) is 7.81. The number of nitrogens with zero attached hydrogens (tertiary/aromatic N) is 2. The normalized spacial score (nSPS) is 13.3. The Hall–Kier alpha value is -0.310. The summed E-state index contributed by atoms with van der Waals surface area (Å²) in [6.45, 7) is 4.38. The molecule has 0 aromatic heterocycles. The third kappa shape index (κ3) is 6.92. The molecular weight excluding hydrogens is 269 g/mol. The summed E-state index contributed by atoms with van der Waals surface area (Å²) >= 11 is 0. The Morgan fingerprint density at radius 1 is 1.00 bits per heavy atom. The maximum absolute atomic E-state index is 12.9. The Morgan fingerprint density at radius 3 is 2.05 bits per heavy atom. The van der Waals surface area contributed by atoms with E-state index in [9.17, 15) is 4.57 Å². The largest absolute Gasteiger partial charge is 0.317 e. The zero-order chi connectivity index (χ0) is 15.6. The Kier molecular flexibility index (Phi) is 10.3. The molecule has 0 aromatic carbocycles. The lowest BCUT2D eigenvalue weighted by Gasteiger charge is -2.32. The predicted molar refractivity (Wildman–Crippen MR) is 89.9 cm³/mol. The summed E-state index contributed by atoms with van der Waals surface area (Å²) < 4.78 is 16.5. The van der Waals surface area contributed by atoms with E-state index in [0.717, 1.165) is 25.0 Å². The molecule has 0 atom stereocenters. The molecule has 0 fully saturated rings. The van der Waals surface area contributed by atoms with Crippen LogP contribution in [0.1, 0.15) is 58.8 Å². The number of hydrogen-bond acceptors (Lipinski definition) is 1. The van der Waals surface area contributed by atoms with Crippen molar-refractivity contribution in [2.45, 2.75) is 58.8 Å². The first-order valence-corrected chi connectivity index (χ1v) is 9.42. The van der Waals surface area contributed by atoms with Gasteiger partial charge in [-0.25, -0.2) is 9.34 Å². The van der Waals surface area contributed by atoms with Gasteiger partial charge in [0.05, 0.1) is 0 Å². The number of hydrogen-bond donors (Lipinski definition) is 1. The van der Waals surface area contributed by atoms with E-state index in [1.54, 1.807) is 9.34 Å². The van der Waals surface area contributed by atoms with Crippen molar-refractivity contribution in [3.05, 3.63) is 11.8 Å². The molecule has 1 N–H and O–H groups in total. The SMILES string of the molecule is CCCCCC/C=C(/CCC)NP(=O)(N(C)C)N(C)C. The van der Waals surface area contributed by atoms with Crippen LogP contribution >= 0.6 is 7.59 Å². The van der Waals surface area contributed by atoms with Crippen molar-refractivity contribution in [2.24, 2.45) is 0 Å². The Bertz CT molecular complexity index is 315. The minimum absolute atomic E-state index is 0.958. The van der Waals surface area contributed by atoms with E-state index in [0.29, 0.717) is 0 Å². The quantitative estimate of drug-likeness (QED) is 0.451. The highest BCUT2D eigenvalue weighted by molar-refractivity contribution is 7.57. The topological polar surface area (TPSA) is 35.6 Å². The second kappa shape index (κ2) is 10.4. The van der Waals surface area contributed by atoms with Crippen molar-refractivity contribution >= 4 is 7.59 Å². The highest BCUT2D eigenvalue weighted by Crippen LogP contribution is 2.46. The standard InChI is InChI=1S/C15H34N3OP/c1-7-9-10-11-12-14-15(13-8-2)16-20(19,17(3)4)18(5)6/h14H,7-13H2,1-6H3,(H,16,19)/b15-14-. The molecule has 0 aliphatic rings. The molecule has 0 heterocycles. The average molecular weight is 303 g/mol. The van der Waals surface area contributed by atoms with Gasteiger partial charge in [-0.05, 0) is 47.5 Å². The van der Waals surface area contributed by atoms with Crippen LogP contribution in [-0.2, 0) is 4.57 Å². The smallest absolute Gasteiger partial charge is 0.307 e. The summed E-state index contributed by atoms with van der Waals surface area (Å²) in [7, 11) is 4.78. The van der Waals surface area contributed by atoms with Crippen molar-refractivity contribution < 1.29 is 4.57 Å². The van der Waals surface area contributed by atoms with Gasteiger partial charge in [0.15, 0.2) is 0 Å². The molecule has 0 saturated carbocycles. The second-order valence-electron chi connectivity index (χ2n) is 5.68. The van der Waals surface area contributed by atoms with Crippen molar-refractivity contribution in [3.63, 3.8) is 0 Å². The first kappa shape index (κ1) is 19.7. The molecule has 0 spiro atoms. The van der Waals surface area contributed by atoms with Crippen LogP contribution < -0.4 is 5.09 Å². The van der Waals surface area contributed by atoms with Gasteiger partial charge in [-0.2, -0.15) is 0 Å². The van der Waals surface area contributed by atoms with Crippen molar-refractivity contribution in [1.82, 2.24) is 14.4 Å². The van der Waals surface area contributed by atoms with Crippen LogP contribution in [0.15, 0.2) is 11.8 Å². The summed E-state index contributed by atoms with van der Waals surface area (Å²) in [5.74, 6) is 0. The molecule has 0 unspecified atom stereocenters. The van der Waals surface area contributed by atoms with Crippen LogP contribution in [-0.4, -0.2) is 37.5 Å². The van der Waals surface area contributed by atoms with E-state index in [1.807, 2.05) is 28.2 Å². The highest BCUT2D eigenvalue weighted by atomic mass is 31.2. The molecule has 20 heavy (non-hydrogen) atoms. The van der Waals surface area contributed by atoms with E-state index >= 15 is 0 Å². The molecule has 0 bridgehead atoms. The zero-order valence-corrected chi connectivity index (χ0v) is 15.2. The molecule has 0 aliphatic carbocycles. The van der Waals surface area contributed by atoms with Crippen LogP contribution in [0, 0.1) is 0 Å². The lowest BCUT2D eigenvalue weighted by Crippen LogP contribution is -2.30. The summed E-state index contributed by atoms with van der Waals surface area (Å²) in [6.07, 6.45) is 10.4. The Labute approximate surface area is 126 Å². The van der Waals surface area contributed by atoms with Crippen LogP contribution in [0.4, 0.5) is 0 Å². The summed E-state index contributed by atoms with van der Waals surface area (Å²) in [5, 5.41) is 3.29. The molecule has 120 valence electrons. The number of rotatable bonds is 11. The van der Waals surface area contributed by atoms with E-state index in [-0.39, 0.29) is 0 Å². The predicted octanol–water partition coefficient (Wildman–Crippen LogP) is 4.46. The van der Waals surface area contributed by atoms with Gasteiger partial charge in [0.25, 0.3) is 0 Å². The molecule has 0 aliphatic heterocycles. The fraction of sp³-hybridized carbons (Fsp3) is 0.867. The minimum Gasteiger partial charge on any atom is -0.317 e. The molecule has 0 rings (SSSR count). The number of unbranched alkanes of at least 4 members (excludes halogenated alkanes) is 4. The van der Waals surface area contributed by atoms with Gasteiger partial charge in [-0.3, -0.25) is 4.57 Å². The fourth-order valence-electron chi connectivity index (χ4n) is 2.07. The summed E-state index contributed by atoms with van der Waals surface area (Å²) in [5.41, 5.74) is 1.12. The maximum atomic E-state index is 12.9. The molecule has 4 nitrogen and oxygen atoms in total. The highest BCUT2D eigenvalue weighted by Gasteiger charge is 2.28. The lowest BCUT2D eigenvalue weighted by molar-refractivity contribution is 0.437. The van der Waals surface area contributed by atoms with Gasteiger partial charge in [-0.1, -0.05) is 45.6 Å².